The van der Waals surface area contributed by atoms with E-state index in [-0.39, 0.29) is 5.91 Å². The van der Waals surface area contributed by atoms with Crippen LogP contribution in [0.3, 0.4) is 0 Å². The zero-order chi connectivity index (χ0) is 16.9. The van der Waals surface area contributed by atoms with Gasteiger partial charge in [0, 0.05) is 12.5 Å². The zero-order valence-electron chi connectivity index (χ0n) is 14.6. The van der Waals surface area contributed by atoms with Gasteiger partial charge in [0.05, 0.1) is 0 Å². The smallest absolute Gasteiger partial charge is 0.405 e. The lowest BCUT2D eigenvalue weighted by molar-refractivity contribution is -0.125. The van der Waals surface area contributed by atoms with Crippen LogP contribution in [0.4, 0.5) is 4.79 Å². The normalized spacial score (nSPS) is 14.8. The first-order chi connectivity index (χ1) is 9.76. The van der Waals surface area contributed by atoms with Gasteiger partial charge in [0.2, 0.25) is 5.91 Å². The lowest BCUT2D eigenvalue weighted by Gasteiger charge is -2.20. The number of ether oxygens (including phenoxy) is 1. The van der Waals surface area contributed by atoms with E-state index >= 15 is 0 Å². The molecule has 0 unspecified atom stereocenters. The van der Waals surface area contributed by atoms with Crippen molar-refractivity contribution in [3.63, 3.8) is 0 Å². The number of nitrogens with one attached hydrogen (secondary N) is 1. The third kappa shape index (κ3) is 15.0. The summed E-state index contributed by atoms with van der Waals surface area (Å²) in [7, 11) is 0. The molecule has 3 N–H and O–H groups in total. The number of hydrogen-bond donors (Lipinski definition) is 2. The molecule has 1 fully saturated rings. The van der Waals surface area contributed by atoms with Crippen molar-refractivity contribution < 1.29 is 14.3 Å². The Morgan fingerprint density at radius 3 is 1.90 bits per heavy atom. The standard InChI is InChI=1S/C9H17NO.C5H11NO2.C2H6/c1-2-10-9(11)8-6-4-3-5-7-8;1-5(2,3)8-4(6)7;1-2/h8H,2-7H2,1H3,(H,10,11);1-3H3,(H2,6,7);1-2H3. The Labute approximate surface area is 130 Å². The molecule has 0 aromatic heterocycles. The molecule has 2 amide bonds. The van der Waals surface area contributed by atoms with Gasteiger partial charge in [0.25, 0.3) is 0 Å². The fourth-order valence-electron chi connectivity index (χ4n) is 1.99. The van der Waals surface area contributed by atoms with Crippen molar-refractivity contribution in [3.05, 3.63) is 0 Å². The predicted octanol–water partition coefficient (Wildman–Crippen LogP) is 3.61. The summed E-state index contributed by atoms with van der Waals surface area (Å²) in [5.41, 5.74) is 4.26. The molecule has 0 saturated heterocycles. The third-order valence-corrected chi connectivity index (χ3v) is 2.73. The Bertz CT molecular complexity index is 280. The summed E-state index contributed by atoms with van der Waals surface area (Å²) in [5.74, 6) is 0.593. The molecule has 1 rings (SSSR count). The summed E-state index contributed by atoms with van der Waals surface area (Å²) in [6.45, 7) is 12.0. The van der Waals surface area contributed by atoms with E-state index in [4.69, 9.17) is 5.73 Å². The molecule has 1 saturated carbocycles. The number of rotatable bonds is 2. The lowest BCUT2D eigenvalue weighted by atomic mass is 9.89. The van der Waals surface area contributed by atoms with Gasteiger partial charge < -0.3 is 15.8 Å². The first kappa shape index (κ1) is 22.0. The minimum Gasteiger partial charge on any atom is -0.444 e. The van der Waals surface area contributed by atoms with Gasteiger partial charge in [0.1, 0.15) is 5.60 Å². The second kappa shape index (κ2) is 12.5. The molecule has 0 radical (unpaired) electrons. The maximum Gasteiger partial charge on any atom is 0.405 e. The van der Waals surface area contributed by atoms with E-state index in [0.717, 1.165) is 19.4 Å². The van der Waals surface area contributed by atoms with Crippen LogP contribution in [0, 0.1) is 5.92 Å². The van der Waals surface area contributed by atoms with Crippen LogP contribution in [0.2, 0.25) is 0 Å². The van der Waals surface area contributed by atoms with E-state index in [9.17, 15) is 9.59 Å². The Morgan fingerprint density at radius 2 is 1.62 bits per heavy atom. The number of primary amides is 1. The van der Waals surface area contributed by atoms with Crippen molar-refractivity contribution in [2.45, 2.75) is 79.2 Å². The highest BCUT2D eigenvalue weighted by Gasteiger charge is 2.19. The molecule has 1 aliphatic carbocycles. The number of carbonyl (C=O) groups excluding carboxylic acids is 2. The van der Waals surface area contributed by atoms with Crippen LogP contribution >= 0.6 is 0 Å². The highest BCUT2D eigenvalue weighted by atomic mass is 16.6. The lowest BCUT2D eigenvalue weighted by Crippen LogP contribution is -2.31. The molecule has 5 heteroatoms. The van der Waals surface area contributed by atoms with E-state index in [1.165, 1.54) is 19.3 Å². The van der Waals surface area contributed by atoms with Gasteiger partial charge in [-0.25, -0.2) is 4.79 Å². The number of carbonyl (C=O) groups is 2. The quantitative estimate of drug-likeness (QED) is 0.817. The molecular weight excluding hydrogens is 268 g/mol. The van der Waals surface area contributed by atoms with Crippen LogP contribution in [0.25, 0.3) is 0 Å². The molecule has 126 valence electrons. The van der Waals surface area contributed by atoms with Crippen LogP contribution in [0.5, 0.6) is 0 Å². The Morgan fingerprint density at radius 1 is 1.14 bits per heavy atom. The molecule has 0 aromatic rings. The third-order valence-electron chi connectivity index (χ3n) is 2.73. The van der Waals surface area contributed by atoms with Crippen LogP contribution in [-0.2, 0) is 9.53 Å². The average Bonchev–Trinajstić information content (AvgIpc) is 2.40. The summed E-state index contributed by atoms with van der Waals surface area (Å²) in [6.07, 6.45) is 5.27. The van der Waals surface area contributed by atoms with Gasteiger partial charge in [-0.1, -0.05) is 33.1 Å². The number of nitrogens with two attached hydrogens (primary N) is 1. The first-order valence-corrected chi connectivity index (χ1v) is 8.02. The van der Waals surface area contributed by atoms with Gasteiger partial charge in [0.15, 0.2) is 0 Å². The second-order valence-corrected chi connectivity index (χ2v) is 5.76. The van der Waals surface area contributed by atoms with E-state index in [0.29, 0.717) is 5.92 Å². The van der Waals surface area contributed by atoms with E-state index < -0.39 is 11.7 Å². The summed E-state index contributed by atoms with van der Waals surface area (Å²) >= 11 is 0. The monoisotopic (exact) mass is 302 g/mol. The molecule has 0 spiro atoms. The van der Waals surface area contributed by atoms with Crippen molar-refractivity contribution in [2.75, 3.05) is 6.54 Å². The van der Waals surface area contributed by atoms with Crippen LogP contribution in [0.15, 0.2) is 0 Å². The minimum atomic E-state index is -0.725. The second-order valence-electron chi connectivity index (χ2n) is 5.76. The highest BCUT2D eigenvalue weighted by Crippen LogP contribution is 2.23. The summed E-state index contributed by atoms with van der Waals surface area (Å²) in [4.78, 5) is 21.3. The molecule has 5 nitrogen and oxygen atoms in total. The maximum atomic E-state index is 11.3. The summed E-state index contributed by atoms with van der Waals surface area (Å²) in [6, 6.07) is 0. The van der Waals surface area contributed by atoms with Crippen LogP contribution < -0.4 is 11.1 Å². The van der Waals surface area contributed by atoms with Gasteiger partial charge in [-0.05, 0) is 40.5 Å². The van der Waals surface area contributed by atoms with Gasteiger partial charge in [-0.3, -0.25) is 4.79 Å². The Balaban J connectivity index is 0. The van der Waals surface area contributed by atoms with E-state index in [2.05, 4.69) is 10.1 Å². The molecular formula is C16H34N2O3. The number of hydrogen-bond acceptors (Lipinski definition) is 3. The van der Waals surface area contributed by atoms with Crippen LogP contribution in [0.1, 0.15) is 73.6 Å². The summed E-state index contributed by atoms with van der Waals surface area (Å²) < 4.78 is 4.58. The fourth-order valence-corrected chi connectivity index (χ4v) is 1.99. The Hall–Kier alpha value is -1.26. The molecule has 1 aliphatic rings. The molecule has 0 heterocycles. The van der Waals surface area contributed by atoms with E-state index in [1.807, 2.05) is 20.8 Å². The molecule has 0 aliphatic heterocycles. The van der Waals surface area contributed by atoms with Crippen molar-refractivity contribution in [1.82, 2.24) is 5.32 Å². The highest BCUT2D eigenvalue weighted by molar-refractivity contribution is 5.78. The SMILES string of the molecule is CC.CC(C)(C)OC(N)=O.CCNC(=O)C1CCCCC1. The zero-order valence-corrected chi connectivity index (χ0v) is 14.6. The molecule has 0 aromatic carbocycles. The molecule has 0 atom stereocenters. The largest absolute Gasteiger partial charge is 0.444 e. The van der Waals surface area contributed by atoms with Crippen molar-refractivity contribution in [2.24, 2.45) is 11.7 Å². The average molecular weight is 302 g/mol. The molecule has 21 heavy (non-hydrogen) atoms. The van der Waals surface area contributed by atoms with Crippen molar-refractivity contribution in [3.8, 4) is 0 Å². The fraction of sp³-hybridized carbons (Fsp3) is 0.875. The van der Waals surface area contributed by atoms with E-state index in [1.54, 1.807) is 20.8 Å². The van der Waals surface area contributed by atoms with Crippen LogP contribution in [-0.4, -0.2) is 24.1 Å². The minimum absolute atomic E-state index is 0.271. The molecule has 0 bridgehead atoms. The predicted molar refractivity (Wildman–Crippen MR) is 87.0 cm³/mol. The first-order valence-electron chi connectivity index (χ1n) is 8.02. The maximum absolute atomic E-state index is 11.3. The van der Waals surface area contributed by atoms with Crippen molar-refractivity contribution in [1.29, 1.82) is 0 Å². The van der Waals surface area contributed by atoms with Gasteiger partial charge in [-0.15, -0.1) is 0 Å². The summed E-state index contributed by atoms with van der Waals surface area (Å²) in [5, 5.41) is 2.88. The number of amides is 2. The Kier molecular flexibility index (Phi) is 13.1. The van der Waals surface area contributed by atoms with Gasteiger partial charge >= 0.3 is 6.09 Å². The topological polar surface area (TPSA) is 81.4 Å². The van der Waals surface area contributed by atoms with Crippen molar-refractivity contribution >= 4 is 12.0 Å². The van der Waals surface area contributed by atoms with Gasteiger partial charge in [-0.2, -0.15) is 0 Å².